The fourth-order valence-corrected chi connectivity index (χ4v) is 5.29. The van der Waals surface area contributed by atoms with E-state index in [1.165, 1.54) is 34.2 Å². The van der Waals surface area contributed by atoms with Gasteiger partial charge in [-0.05, 0) is 20.8 Å². The molecule has 2 N–H and O–H groups in total. The number of nitrogens with zero attached hydrogens (tertiary/aromatic N) is 2. The Labute approximate surface area is 219 Å². The van der Waals surface area contributed by atoms with Crippen molar-refractivity contribution in [2.45, 2.75) is 31.2 Å². The third-order valence-corrected chi connectivity index (χ3v) is 7.55. The third kappa shape index (κ3) is 5.42. The summed E-state index contributed by atoms with van der Waals surface area (Å²) < 4.78 is 0. The van der Waals surface area contributed by atoms with Gasteiger partial charge in [-0.25, -0.2) is 9.97 Å². The van der Waals surface area contributed by atoms with Crippen molar-refractivity contribution in [2.75, 3.05) is 5.32 Å². The summed E-state index contributed by atoms with van der Waals surface area (Å²) in [7, 11) is 0. The number of H-pyrrole nitrogens is 1. The lowest BCUT2D eigenvalue weighted by atomic mass is 10.0. The summed E-state index contributed by atoms with van der Waals surface area (Å²) in [4.78, 5) is 25.9. The molecule has 2 heterocycles. The van der Waals surface area contributed by atoms with Crippen molar-refractivity contribution in [3.63, 3.8) is 0 Å². The van der Waals surface area contributed by atoms with Gasteiger partial charge in [-0.2, -0.15) is 0 Å². The molecule has 3 aromatic carbocycles. The molecule has 5 aromatic rings. The van der Waals surface area contributed by atoms with Crippen LogP contribution in [0.2, 0.25) is 0 Å². The van der Waals surface area contributed by atoms with Gasteiger partial charge in [0.25, 0.3) is 0 Å². The molecule has 36 heavy (non-hydrogen) atoms. The van der Waals surface area contributed by atoms with E-state index in [1.807, 2.05) is 42.6 Å². The molecule has 1 atom stereocenters. The number of aryl methyl sites for hydroxylation is 2. The van der Waals surface area contributed by atoms with Crippen molar-refractivity contribution in [3.05, 3.63) is 95.4 Å². The summed E-state index contributed by atoms with van der Waals surface area (Å²) in [6.07, 6.45) is 0. The fourth-order valence-electron chi connectivity index (χ4n) is 3.76. The molecule has 180 valence electrons. The summed E-state index contributed by atoms with van der Waals surface area (Å²) in [5.41, 5.74) is 8.20. The van der Waals surface area contributed by atoms with E-state index < -0.39 is 0 Å². The smallest absolute Gasteiger partial charge is 0.239 e. The van der Waals surface area contributed by atoms with Crippen LogP contribution >= 0.6 is 23.1 Å². The number of aromatic amines is 1. The molecular weight excluding hydrogens is 484 g/mol. The largest absolute Gasteiger partial charge is 0.332 e. The number of anilines is 1. The predicted octanol–water partition coefficient (Wildman–Crippen LogP) is 7.60. The van der Waals surface area contributed by atoms with Crippen LogP contribution in [-0.2, 0) is 4.79 Å². The monoisotopic (exact) mass is 510 g/mol. The normalized spacial score (nSPS) is 11.9. The van der Waals surface area contributed by atoms with Crippen LogP contribution in [0.4, 0.5) is 5.13 Å². The lowest BCUT2D eigenvalue weighted by Gasteiger charge is -2.08. The average Bonchev–Trinajstić information content (AvgIpc) is 3.53. The quantitative estimate of drug-likeness (QED) is 0.221. The van der Waals surface area contributed by atoms with Crippen LogP contribution in [0.5, 0.6) is 0 Å². The first-order valence-corrected chi connectivity index (χ1v) is 13.4. The first kappa shape index (κ1) is 24.0. The predicted molar refractivity (Wildman–Crippen MR) is 150 cm³/mol. The number of carbonyl (C=O) groups excluding carboxylic acids is 1. The molecule has 5 rings (SSSR count). The lowest BCUT2D eigenvalue weighted by Crippen LogP contribution is -2.22. The Morgan fingerprint density at radius 3 is 2.17 bits per heavy atom. The second-order valence-corrected chi connectivity index (χ2v) is 10.8. The fraction of sp³-hybridized carbons (Fsp3) is 0.138. The zero-order valence-electron chi connectivity index (χ0n) is 20.3. The van der Waals surface area contributed by atoms with Crippen LogP contribution in [0.3, 0.4) is 0 Å². The number of hydrogen-bond acceptors (Lipinski definition) is 5. The number of amides is 1. The number of benzene rings is 3. The number of carbonyl (C=O) groups is 1. The molecule has 0 fully saturated rings. The zero-order chi connectivity index (χ0) is 25.1. The highest BCUT2D eigenvalue weighted by Gasteiger charge is 2.21. The molecule has 1 amide bonds. The lowest BCUT2D eigenvalue weighted by molar-refractivity contribution is -0.115. The first-order chi connectivity index (χ1) is 17.5. The number of hydrogen-bond donors (Lipinski definition) is 2. The highest BCUT2D eigenvalue weighted by Crippen LogP contribution is 2.34. The number of nitrogens with one attached hydrogen (secondary N) is 2. The summed E-state index contributed by atoms with van der Waals surface area (Å²) >= 11 is 2.83. The van der Waals surface area contributed by atoms with Gasteiger partial charge in [0, 0.05) is 22.1 Å². The minimum atomic E-state index is -0.364. The van der Waals surface area contributed by atoms with Gasteiger partial charge in [0.2, 0.25) is 5.91 Å². The van der Waals surface area contributed by atoms with Gasteiger partial charge in [0.05, 0.1) is 22.3 Å². The van der Waals surface area contributed by atoms with Gasteiger partial charge in [0.15, 0.2) is 10.3 Å². The summed E-state index contributed by atoms with van der Waals surface area (Å²) in [5, 5.41) is 5.84. The maximum Gasteiger partial charge on any atom is 0.239 e. The Kier molecular flexibility index (Phi) is 7.02. The Bertz CT molecular complexity index is 1410. The van der Waals surface area contributed by atoms with Crippen molar-refractivity contribution in [3.8, 4) is 33.8 Å². The third-order valence-electron chi connectivity index (χ3n) is 5.81. The molecule has 2 aromatic heterocycles. The molecule has 0 aliphatic rings. The van der Waals surface area contributed by atoms with Crippen LogP contribution < -0.4 is 5.32 Å². The molecule has 1 unspecified atom stereocenters. The number of rotatable bonds is 7. The van der Waals surface area contributed by atoms with Gasteiger partial charge in [-0.15, -0.1) is 11.3 Å². The van der Waals surface area contributed by atoms with E-state index in [0.717, 1.165) is 33.8 Å². The minimum Gasteiger partial charge on any atom is -0.332 e. The van der Waals surface area contributed by atoms with Crippen LogP contribution in [-0.4, -0.2) is 26.1 Å². The van der Waals surface area contributed by atoms with Crippen molar-refractivity contribution in [1.29, 1.82) is 0 Å². The number of thioether (sulfide) groups is 1. The Balaban J connectivity index is 1.35. The van der Waals surface area contributed by atoms with Gasteiger partial charge < -0.3 is 10.3 Å². The number of thiazole rings is 1. The molecule has 0 saturated carbocycles. The molecule has 0 aliphatic carbocycles. The number of aromatic nitrogens is 3. The second kappa shape index (κ2) is 10.5. The van der Waals surface area contributed by atoms with Crippen molar-refractivity contribution in [2.24, 2.45) is 0 Å². The summed E-state index contributed by atoms with van der Waals surface area (Å²) in [5.74, 6) is -0.112. The van der Waals surface area contributed by atoms with Gasteiger partial charge in [-0.3, -0.25) is 4.79 Å². The Morgan fingerprint density at radius 1 is 0.861 bits per heavy atom. The molecule has 0 bridgehead atoms. The standard InChI is InChI=1S/C29H26N4OS2/c1-18-9-13-22(14-10-18)25-26(23-15-11-19(2)12-16-23)32-29(31-25)36-20(3)27(34)33-28-30-24(17-35-28)21-7-5-4-6-8-21/h4-17,20H,1-3H3,(H,31,32)(H,30,33,34). The summed E-state index contributed by atoms with van der Waals surface area (Å²) in [6, 6.07) is 26.7. The number of imidazole rings is 1. The molecule has 7 heteroatoms. The molecule has 0 spiro atoms. The van der Waals surface area contributed by atoms with Gasteiger partial charge in [0.1, 0.15) is 0 Å². The van der Waals surface area contributed by atoms with E-state index in [4.69, 9.17) is 4.98 Å². The molecule has 0 radical (unpaired) electrons. The van der Waals surface area contributed by atoms with Crippen molar-refractivity contribution >= 4 is 34.1 Å². The average molecular weight is 511 g/mol. The first-order valence-electron chi connectivity index (χ1n) is 11.7. The van der Waals surface area contributed by atoms with Crippen LogP contribution in [0.25, 0.3) is 33.8 Å². The Morgan fingerprint density at radius 2 is 1.50 bits per heavy atom. The molecular formula is C29H26N4OS2. The van der Waals surface area contributed by atoms with E-state index in [2.05, 4.69) is 77.7 Å². The maximum absolute atomic E-state index is 13.0. The minimum absolute atomic E-state index is 0.112. The topological polar surface area (TPSA) is 70.7 Å². The highest BCUT2D eigenvalue weighted by atomic mass is 32.2. The van der Waals surface area contributed by atoms with Gasteiger partial charge in [-0.1, -0.05) is 102 Å². The maximum atomic E-state index is 13.0. The second-order valence-electron chi connectivity index (χ2n) is 8.65. The van der Waals surface area contributed by atoms with Crippen LogP contribution in [0.15, 0.2) is 89.4 Å². The van der Waals surface area contributed by atoms with Crippen molar-refractivity contribution < 1.29 is 4.79 Å². The van der Waals surface area contributed by atoms with E-state index in [-0.39, 0.29) is 11.2 Å². The van der Waals surface area contributed by atoms with E-state index in [1.54, 1.807) is 0 Å². The van der Waals surface area contributed by atoms with E-state index in [0.29, 0.717) is 10.3 Å². The van der Waals surface area contributed by atoms with Gasteiger partial charge >= 0.3 is 0 Å². The van der Waals surface area contributed by atoms with Crippen molar-refractivity contribution in [1.82, 2.24) is 15.0 Å². The molecule has 0 aliphatic heterocycles. The van der Waals surface area contributed by atoms with Crippen LogP contribution in [0.1, 0.15) is 18.1 Å². The van der Waals surface area contributed by atoms with E-state index >= 15 is 0 Å². The Hall–Kier alpha value is -3.68. The highest BCUT2D eigenvalue weighted by molar-refractivity contribution is 8.00. The summed E-state index contributed by atoms with van der Waals surface area (Å²) in [6.45, 7) is 6.03. The zero-order valence-corrected chi connectivity index (χ0v) is 21.9. The molecule has 5 nitrogen and oxygen atoms in total. The van der Waals surface area contributed by atoms with Crippen LogP contribution in [0, 0.1) is 13.8 Å². The van der Waals surface area contributed by atoms with E-state index in [9.17, 15) is 4.79 Å². The SMILES string of the molecule is Cc1ccc(-c2nc(SC(C)C(=O)Nc3nc(-c4ccccc4)cs3)[nH]c2-c2ccc(C)cc2)cc1. The molecule has 0 saturated heterocycles.